The highest BCUT2D eigenvalue weighted by atomic mass is 16.1. The molecule has 0 bridgehead atoms. The van der Waals surface area contributed by atoms with Gasteiger partial charge in [-0.05, 0) is 49.9 Å². The largest absolute Gasteiger partial charge is 0.376 e. The number of aromatic nitrogens is 3. The van der Waals surface area contributed by atoms with E-state index in [1.54, 1.807) is 17.2 Å². The van der Waals surface area contributed by atoms with Crippen molar-refractivity contribution in [1.82, 2.24) is 20.3 Å². The van der Waals surface area contributed by atoms with Gasteiger partial charge in [0.05, 0.1) is 24.6 Å². The summed E-state index contributed by atoms with van der Waals surface area (Å²) in [7, 11) is 0. The van der Waals surface area contributed by atoms with Crippen LogP contribution in [0.1, 0.15) is 19.8 Å². The van der Waals surface area contributed by atoms with Crippen molar-refractivity contribution >= 4 is 11.6 Å². The van der Waals surface area contributed by atoms with Crippen LogP contribution in [-0.2, 0) is 4.79 Å². The quantitative estimate of drug-likeness (QED) is 0.845. The Morgan fingerprint density at radius 1 is 1.29 bits per heavy atom. The molecule has 1 aromatic heterocycles. The Kier molecular flexibility index (Phi) is 3.85. The first-order valence-corrected chi connectivity index (χ1v) is 7.22. The van der Waals surface area contributed by atoms with Crippen LogP contribution in [0.4, 0.5) is 5.69 Å². The molecule has 1 amide bonds. The molecular weight excluding hydrogens is 266 g/mol. The molecule has 0 aliphatic heterocycles. The van der Waals surface area contributed by atoms with Crippen molar-refractivity contribution < 1.29 is 4.79 Å². The summed E-state index contributed by atoms with van der Waals surface area (Å²) in [5, 5.41) is 14.3. The second-order valence-corrected chi connectivity index (χ2v) is 5.41. The van der Waals surface area contributed by atoms with E-state index in [2.05, 4.69) is 27.8 Å². The molecule has 2 aromatic rings. The van der Waals surface area contributed by atoms with Crippen LogP contribution in [0.25, 0.3) is 5.69 Å². The monoisotopic (exact) mass is 285 g/mol. The summed E-state index contributed by atoms with van der Waals surface area (Å²) in [4.78, 5) is 13.4. The second-order valence-electron chi connectivity index (χ2n) is 5.41. The fraction of sp³-hybridized carbons (Fsp3) is 0.400. The summed E-state index contributed by atoms with van der Waals surface area (Å²) in [5.74, 6) is 0.710. The lowest BCUT2D eigenvalue weighted by Crippen LogP contribution is -2.37. The molecule has 0 radical (unpaired) electrons. The zero-order valence-electron chi connectivity index (χ0n) is 12.0. The van der Waals surface area contributed by atoms with Crippen LogP contribution < -0.4 is 10.6 Å². The lowest BCUT2D eigenvalue weighted by atomic mass is 10.2. The van der Waals surface area contributed by atoms with Crippen LogP contribution in [0.3, 0.4) is 0 Å². The van der Waals surface area contributed by atoms with Gasteiger partial charge in [0.1, 0.15) is 0 Å². The van der Waals surface area contributed by atoms with Crippen LogP contribution in [0.5, 0.6) is 0 Å². The molecule has 110 valence electrons. The molecule has 6 heteroatoms. The maximum atomic E-state index is 11.8. The molecule has 1 aliphatic carbocycles. The maximum absolute atomic E-state index is 11.8. The van der Waals surface area contributed by atoms with E-state index in [1.807, 2.05) is 24.3 Å². The van der Waals surface area contributed by atoms with Gasteiger partial charge in [0.25, 0.3) is 0 Å². The van der Waals surface area contributed by atoms with E-state index in [4.69, 9.17) is 0 Å². The number of anilines is 1. The lowest BCUT2D eigenvalue weighted by Gasteiger charge is -2.13. The number of rotatable bonds is 6. The number of amides is 1. The van der Waals surface area contributed by atoms with E-state index in [9.17, 15) is 4.79 Å². The van der Waals surface area contributed by atoms with Gasteiger partial charge in [-0.25, -0.2) is 0 Å². The van der Waals surface area contributed by atoms with Gasteiger partial charge in [-0.3, -0.25) is 4.79 Å². The highest BCUT2D eigenvalue weighted by Gasteiger charge is 2.28. The number of carbonyl (C=O) groups is 1. The van der Waals surface area contributed by atoms with Crippen molar-refractivity contribution in [3.63, 3.8) is 0 Å². The molecule has 1 aromatic carbocycles. The Morgan fingerprint density at radius 2 is 1.95 bits per heavy atom. The normalized spacial score (nSPS) is 15.5. The Balaban J connectivity index is 1.50. The van der Waals surface area contributed by atoms with Crippen LogP contribution in [-0.4, -0.2) is 33.5 Å². The minimum atomic E-state index is 0.0345. The molecular formula is C15H19N5O. The number of nitrogens with zero attached hydrogens (tertiary/aromatic N) is 3. The molecule has 1 saturated carbocycles. The van der Waals surface area contributed by atoms with E-state index in [-0.39, 0.29) is 18.5 Å². The van der Waals surface area contributed by atoms with Crippen molar-refractivity contribution in [2.45, 2.75) is 25.8 Å². The minimum absolute atomic E-state index is 0.0345. The van der Waals surface area contributed by atoms with Crippen molar-refractivity contribution in [3.05, 3.63) is 36.7 Å². The molecule has 1 aliphatic rings. The van der Waals surface area contributed by atoms with Gasteiger partial charge in [-0.15, -0.1) is 0 Å². The van der Waals surface area contributed by atoms with Gasteiger partial charge in [-0.1, -0.05) is 0 Å². The number of hydrogen-bond donors (Lipinski definition) is 2. The first-order chi connectivity index (χ1) is 10.2. The highest BCUT2D eigenvalue weighted by Crippen LogP contribution is 2.32. The zero-order valence-corrected chi connectivity index (χ0v) is 12.0. The first-order valence-electron chi connectivity index (χ1n) is 7.22. The highest BCUT2D eigenvalue weighted by molar-refractivity contribution is 5.81. The standard InChI is InChI=1S/C15H19N5O/c1-11(12-2-3-12)19-15(21)10-16-13-4-6-14(7-5-13)20-17-8-9-18-20/h4-9,11-12,16H,2-3,10H2,1H3,(H,19,21). The van der Waals surface area contributed by atoms with Gasteiger partial charge in [-0.2, -0.15) is 15.0 Å². The number of nitrogens with one attached hydrogen (secondary N) is 2. The Labute approximate surface area is 123 Å². The Bertz CT molecular complexity index is 589. The molecule has 1 fully saturated rings. The average molecular weight is 285 g/mol. The van der Waals surface area contributed by atoms with Crippen molar-refractivity contribution in [1.29, 1.82) is 0 Å². The van der Waals surface area contributed by atoms with E-state index in [0.717, 1.165) is 11.4 Å². The third-order valence-corrected chi connectivity index (χ3v) is 3.69. The van der Waals surface area contributed by atoms with Crippen molar-refractivity contribution in [2.75, 3.05) is 11.9 Å². The topological polar surface area (TPSA) is 71.8 Å². The molecule has 1 unspecified atom stereocenters. The molecule has 1 atom stereocenters. The average Bonchev–Trinajstić information content (AvgIpc) is 3.21. The molecule has 0 saturated heterocycles. The molecule has 2 N–H and O–H groups in total. The third kappa shape index (κ3) is 3.59. The fourth-order valence-electron chi connectivity index (χ4n) is 2.26. The van der Waals surface area contributed by atoms with Crippen LogP contribution in [0.2, 0.25) is 0 Å². The van der Waals surface area contributed by atoms with Crippen LogP contribution in [0, 0.1) is 5.92 Å². The van der Waals surface area contributed by atoms with E-state index >= 15 is 0 Å². The van der Waals surface area contributed by atoms with Crippen LogP contribution in [0.15, 0.2) is 36.7 Å². The van der Waals surface area contributed by atoms with E-state index in [0.29, 0.717) is 5.92 Å². The smallest absolute Gasteiger partial charge is 0.239 e. The summed E-state index contributed by atoms with van der Waals surface area (Å²) in [6.45, 7) is 2.36. The second kappa shape index (κ2) is 5.95. The van der Waals surface area contributed by atoms with Gasteiger partial charge in [0.2, 0.25) is 5.91 Å². The summed E-state index contributed by atoms with van der Waals surface area (Å²) < 4.78 is 0. The molecule has 21 heavy (non-hydrogen) atoms. The first kappa shape index (κ1) is 13.6. The molecule has 6 nitrogen and oxygen atoms in total. The van der Waals surface area contributed by atoms with Crippen molar-refractivity contribution in [2.24, 2.45) is 5.92 Å². The number of benzene rings is 1. The summed E-state index contributed by atoms with van der Waals surface area (Å²) in [6, 6.07) is 7.93. The van der Waals surface area contributed by atoms with Crippen molar-refractivity contribution in [3.8, 4) is 5.69 Å². The lowest BCUT2D eigenvalue weighted by molar-refractivity contribution is -0.120. The summed E-state index contributed by atoms with van der Waals surface area (Å²) in [6.07, 6.45) is 5.74. The third-order valence-electron chi connectivity index (χ3n) is 3.69. The van der Waals surface area contributed by atoms with Gasteiger partial charge >= 0.3 is 0 Å². The molecule has 1 heterocycles. The molecule has 3 rings (SSSR count). The predicted molar refractivity (Wildman–Crippen MR) is 80.2 cm³/mol. The predicted octanol–water partition coefficient (Wildman–Crippen LogP) is 1.59. The van der Waals surface area contributed by atoms with Gasteiger partial charge < -0.3 is 10.6 Å². The Hall–Kier alpha value is -2.37. The fourth-order valence-corrected chi connectivity index (χ4v) is 2.26. The summed E-state index contributed by atoms with van der Waals surface area (Å²) >= 11 is 0. The summed E-state index contributed by atoms with van der Waals surface area (Å²) in [5.41, 5.74) is 1.79. The SMILES string of the molecule is CC(NC(=O)CNc1ccc(-n2nccn2)cc1)C1CC1. The van der Waals surface area contributed by atoms with E-state index < -0.39 is 0 Å². The van der Waals surface area contributed by atoms with Gasteiger partial charge in [0, 0.05) is 11.7 Å². The number of carbonyl (C=O) groups excluding carboxylic acids is 1. The van der Waals surface area contributed by atoms with E-state index in [1.165, 1.54) is 12.8 Å². The maximum Gasteiger partial charge on any atom is 0.239 e. The Morgan fingerprint density at radius 3 is 2.57 bits per heavy atom. The number of hydrogen-bond acceptors (Lipinski definition) is 4. The van der Waals surface area contributed by atoms with Gasteiger partial charge in [0.15, 0.2) is 0 Å². The molecule has 0 spiro atoms. The minimum Gasteiger partial charge on any atom is -0.376 e. The zero-order chi connectivity index (χ0) is 14.7. The van der Waals surface area contributed by atoms with Crippen LogP contribution >= 0.6 is 0 Å².